The lowest BCUT2D eigenvalue weighted by Gasteiger charge is -2.11. The second-order valence-corrected chi connectivity index (χ2v) is 5.04. The molecule has 0 heterocycles. The van der Waals surface area contributed by atoms with Crippen molar-refractivity contribution in [1.29, 1.82) is 0 Å². The molecule has 0 aromatic heterocycles. The Morgan fingerprint density at radius 2 is 1.89 bits per heavy atom. The second kappa shape index (κ2) is 4.24. The van der Waals surface area contributed by atoms with Crippen LogP contribution < -0.4 is 15.8 Å². The standard InChI is InChI=1S/C15H16N2O2/c1-19-13-5-3-10-8-12(4-2-11(10)9-13)17-14(18)15(16)6-7-15/h2-5,8-9H,6-7,16H2,1H3,(H,17,18). The third-order valence-electron chi connectivity index (χ3n) is 3.55. The van der Waals surface area contributed by atoms with Gasteiger partial charge in [0, 0.05) is 5.69 Å². The van der Waals surface area contributed by atoms with E-state index in [1.165, 1.54) is 0 Å². The Morgan fingerprint density at radius 3 is 2.58 bits per heavy atom. The number of ether oxygens (including phenoxy) is 1. The van der Waals surface area contributed by atoms with Crippen molar-refractivity contribution in [1.82, 2.24) is 0 Å². The van der Waals surface area contributed by atoms with Crippen molar-refractivity contribution in [3.63, 3.8) is 0 Å². The lowest BCUT2D eigenvalue weighted by atomic mass is 10.1. The average Bonchev–Trinajstić information content (AvgIpc) is 3.17. The summed E-state index contributed by atoms with van der Waals surface area (Å²) in [6, 6.07) is 11.6. The molecular formula is C15H16N2O2. The monoisotopic (exact) mass is 256 g/mol. The molecule has 98 valence electrons. The van der Waals surface area contributed by atoms with Crippen molar-refractivity contribution >= 4 is 22.4 Å². The van der Waals surface area contributed by atoms with Crippen LogP contribution in [0.5, 0.6) is 5.75 Å². The summed E-state index contributed by atoms with van der Waals surface area (Å²) in [4.78, 5) is 11.9. The van der Waals surface area contributed by atoms with E-state index in [0.717, 1.165) is 35.1 Å². The summed E-state index contributed by atoms with van der Waals surface area (Å²) >= 11 is 0. The van der Waals surface area contributed by atoms with Gasteiger partial charge in [0.15, 0.2) is 0 Å². The zero-order chi connectivity index (χ0) is 13.5. The molecule has 0 aliphatic heterocycles. The summed E-state index contributed by atoms with van der Waals surface area (Å²) < 4.78 is 5.18. The van der Waals surface area contributed by atoms with Gasteiger partial charge in [0.25, 0.3) is 0 Å². The highest BCUT2D eigenvalue weighted by molar-refractivity contribution is 6.01. The predicted octanol–water partition coefficient (Wildman–Crippen LogP) is 2.28. The van der Waals surface area contributed by atoms with Crippen molar-refractivity contribution in [2.45, 2.75) is 18.4 Å². The van der Waals surface area contributed by atoms with Gasteiger partial charge in [0.05, 0.1) is 12.6 Å². The minimum atomic E-state index is -0.644. The Labute approximate surface area is 111 Å². The molecule has 0 saturated heterocycles. The molecule has 0 bridgehead atoms. The van der Waals surface area contributed by atoms with Crippen molar-refractivity contribution in [2.75, 3.05) is 12.4 Å². The molecule has 1 amide bonds. The van der Waals surface area contributed by atoms with Gasteiger partial charge in [-0.15, -0.1) is 0 Å². The summed E-state index contributed by atoms with van der Waals surface area (Å²) in [5, 5.41) is 5.00. The number of fused-ring (bicyclic) bond motifs is 1. The van der Waals surface area contributed by atoms with Crippen LogP contribution in [0.2, 0.25) is 0 Å². The smallest absolute Gasteiger partial charge is 0.244 e. The topological polar surface area (TPSA) is 64.3 Å². The fraction of sp³-hybridized carbons (Fsp3) is 0.267. The van der Waals surface area contributed by atoms with Crippen LogP contribution in [-0.4, -0.2) is 18.6 Å². The van der Waals surface area contributed by atoms with Crippen molar-refractivity contribution in [3.05, 3.63) is 36.4 Å². The molecule has 19 heavy (non-hydrogen) atoms. The van der Waals surface area contributed by atoms with Crippen LogP contribution in [-0.2, 0) is 4.79 Å². The zero-order valence-electron chi connectivity index (χ0n) is 10.8. The fourth-order valence-electron chi connectivity index (χ4n) is 2.05. The molecule has 0 unspecified atom stereocenters. The minimum absolute atomic E-state index is 0.0969. The number of hydrogen-bond donors (Lipinski definition) is 2. The molecule has 1 aliphatic rings. The summed E-state index contributed by atoms with van der Waals surface area (Å²) in [5.74, 6) is 0.725. The van der Waals surface area contributed by atoms with Crippen LogP contribution in [0, 0.1) is 0 Å². The van der Waals surface area contributed by atoms with Crippen molar-refractivity contribution in [2.24, 2.45) is 5.73 Å². The van der Waals surface area contributed by atoms with E-state index in [1.807, 2.05) is 36.4 Å². The molecular weight excluding hydrogens is 240 g/mol. The first-order valence-corrected chi connectivity index (χ1v) is 6.29. The molecule has 0 spiro atoms. The molecule has 3 rings (SSSR count). The van der Waals surface area contributed by atoms with Gasteiger partial charge in [-0.25, -0.2) is 0 Å². The number of carbonyl (C=O) groups is 1. The summed E-state index contributed by atoms with van der Waals surface area (Å²) in [7, 11) is 1.64. The molecule has 1 aliphatic carbocycles. The van der Waals surface area contributed by atoms with Gasteiger partial charge in [0.2, 0.25) is 5.91 Å². The Hall–Kier alpha value is -2.07. The molecule has 1 saturated carbocycles. The normalized spacial score (nSPS) is 16.1. The fourth-order valence-corrected chi connectivity index (χ4v) is 2.05. The first-order valence-electron chi connectivity index (χ1n) is 6.29. The number of amides is 1. The molecule has 4 nitrogen and oxygen atoms in total. The largest absolute Gasteiger partial charge is 0.497 e. The summed E-state index contributed by atoms with van der Waals surface area (Å²) in [6.45, 7) is 0. The number of carbonyl (C=O) groups excluding carboxylic acids is 1. The third-order valence-corrected chi connectivity index (χ3v) is 3.55. The quantitative estimate of drug-likeness (QED) is 0.885. The number of rotatable bonds is 3. The lowest BCUT2D eigenvalue weighted by Crippen LogP contribution is -2.37. The van der Waals surface area contributed by atoms with Gasteiger partial charge in [-0.2, -0.15) is 0 Å². The number of benzene rings is 2. The maximum Gasteiger partial charge on any atom is 0.244 e. The number of nitrogens with one attached hydrogen (secondary N) is 1. The first-order chi connectivity index (χ1) is 9.10. The van der Waals surface area contributed by atoms with Crippen LogP contribution in [0.3, 0.4) is 0 Å². The molecule has 0 atom stereocenters. The Bertz CT molecular complexity index is 648. The van der Waals surface area contributed by atoms with E-state index in [2.05, 4.69) is 5.32 Å². The SMILES string of the molecule is COc1ccc2cc(NC(=O)C3(N)CC3)ccc2c1. The van der Waals surface area contributed by atoms with Crippen LogP contribution in [0.1, 0.15) is 12.8 Å². The van der Waals surface area contributed by atoms with Crippen LogP contribution in [0.25, 0.3) is 10.8 Å². The van der Waals surface area contributed by atoms with E-state index in [1.54, 1.807) is 7.11 Å². The molecule has 0 radical (unpaired) electrons. The van der Waals surface area contributed by atoms with E-state index in [4.69, 9.17) is 10.5 Å². The molecule has 2 aromatic rings. The minimum Gasteiger partial charge on any atom is -0.497 e. The highest BCUT2D eigenvalue weighted by Gasteiger charge is 2.45. The summed E-state index contributed by atoms with van der Waals surface area (Å²) in [5.41, 5.74) is 5.99. The van der Waals surface area contributed by atoms with Gasteiger partial charge in [-0.3, -0.25) is 4.79 Å². The Balaban J connectivity index is 1.87. The Morgan fingerprint density at radius 1 is 1.21 bits per heavy atom. The first kappa shape index (κ1) is 12.0. The number of anilines is 1. The predicted molar refractivity (Wildman–Crippen MR) is 75.3 cm³/mol. The molecule has 3 N–H and O–H groups in total. The summed E-state index contributed by atoms with van der Waals surface area (Å²) in [6.07, 6.45) is 1.53. The molecule has 4 heteroatoms. The van der Waals surface area contributed by atoms with E-state index in [0.29, 0.717) is 0 Å². The van der Waals surface area contributed by atoms with E-state index in [9.17, 15) is 4.79 Å². The number of hydrogen-bond acceptors (Lipinski definition) is 3. The maximum absolute atomic E-state index is 11.9. The van der Waals surface area contributed by atoms with Gasteiger partial charge < -0.3 is 15.8 Å². The van der Waals surface area contributed by atoms with Crippen LogP contribution >= 0.6 is 0 Å². The molecule has 1 fully saturated rings. The van der Waals surface area contributed by atoms with Gasteiger partial charge in [-0.1, -0.05) is 12.1 Å². The Kier molecular flexibility index (Phi) is 2.68. The number of methoxy groups -OCH3 is 1. The van der Waals surface area contributed by atoms with Crippen LogP contribution in [0.4, 0.5) is 5.69 Å². The lowest BCUT2D eigenvalue weighted by molar-refractivity contribution is -0.118. The van der Waals surface area contributed by atoms with Crippen molar-refractivity contribution in [3.8, 4) is 5.75 Å². The highest BCUT2D eigenvalue weighted by atomic mass is 16.5. The second-order valence-electron chi connectivity index (χ2n) is 5.04. The van der Waals surface area contributed by atoms with Gasteiger partial charge in [0.1, 0.15) is 5.75 Å². The van der Waals surface area contributed by atoms with Crippen molar-refractivity contribution < 1.29 is 9.53 Å². The zero-order valence-corrected chi connectivity index (χ0v) is 10.8. The third kappa shape index (κ3) is 2.27. The number of nitrogens with two attached hydrogens (primary N) is 1. The average molecular weight is 256 g/mol. The van der Waals surface area contributed by atoms with E-state index < -0.39 is 5.54 Å². The maximum atomic E-state index is 11.9. The molecule has 2 aromatic carbocycles. The van der Waals surface area contributed by atoms with Gasteiger partial charge >= 0.3 is 0 Å². The highest BCUT2D eigenvalue weighted by Crippen LogP contribution is 2.33. The van der Waals surface area contributed by atoms with Crippen LogP contribution in [0.15, 0.2) is 36.4 Å². The van der Waals surface area contributed by atoms with Gasteiger partial charge in [-0.05, 0) is 47.9 Å². The van der Waals surface area contributed by atoms with E-state index >= 15 is 0 Å². The van der Waals surface area contributed by atoms with E-state index in [-0.39, 0.29) is 5.91 Å².